The Hall–Kier alpha value is -1.53. The zero-order chi connectivity index (χ0) is 12.4. The standard InChI is InChI=1S/C13H13ClN2O/c1-9(11-2-4-12(14)5-3-11)16-8-10(7-15)6-13(16)17/h2-5,9-10H,6,8H2,1H3. The maximum Gasteiger partial charge on any atom is 0.224 e. The van der Waals surface area contributed by atoms with E-state index in [1.54, 1.807) is 4.90 Å². The minimum atomic E-state index is -0.169. The molecule has 0 spiro atoms. The van der Waals surface area contributed by atoms with Gasteiger partial charge in [0.2, 0.25) is 5.91 Å². The molecule has 1 heterocycles. The molecule has 1 aromatic carbocycles. The van der Waals surface area contributed by atoms with Crippen LogP contribution in [0.1, 0.15) is 24.9 Å². The van der Waals surface area contributed by atoms with Crippen LogP contribution in [0.3, 0.4) is 0 Å². The molecule has 1 fully saturated rings. The van der Waals surface area contributed by atoms with Crippen molar-refractivity contribution in [2.24, 2.45) is 5.92 Å². The summed E-state index contributed by atoms with van der Waals surface area (Å²) in [4.78, 5) is 13.5. The number of nitrogens with zero attached hydrogens (tertiary/aromatic N) is 2. The summed E-state index contributed by atoms with van der Waals surface area (Å²) in [5.41, 5.74) is 1.04. The van der Waals surface area contributed by atoms with Gasteiger partial charge in [0, 0.05) is 18.0 Å². The van der Waals surface area contributed by atoms with Crippen LogP contribution in [0.4, 0.5) is 0 Å². The van der Waals surface area contributed by atoms with Crippen LogP contribution >= 0.6 is 11.6 Å². The molecular weight excluding hydrogens is 236 g/mol. The van der Waals surface area contributed by atoms with Crippen LogP contribution in [0.2, 0.25) is 5.02 Å². The van der Waals surface area contributed by atoms with Crippen molar-refractivity contribution in [3.63, 3.8) is 0 Å². The molecule has 0 bridgehead atoms. The zero-order valence-electron chi connectivity index (χ0n) is 9.56. The molecule has 0 aliphatic carbocycles. The Morgan fingerprint density at radius 3 is 2.65 bits per heavy atom. The van der Waals surface area contributed by atoms with Gasteiger partial charge < -0.3 is 4.90 Å². The Kier molecular flexibility index (Phi) is 3.35. The number of nitriles is 1. The molecule has 2 unspecified atom stereocenters. The number of carbonyl (C=O) groups excluding carboxylic acids is 1. The van der Waals surface area contributed by atoms with Gasteiger partial charge in [0.05, 0.1) is 18.0 Å². The van der Waals surface area contributed by atoms with Crippen molar-refractivity contribution >= 4 is 17.5 Å². The fourth-order valence-corrected chi connectivity index (χ4v) is 2.24. The van der Waals surface area contributed by atoms with E-state index in [1.807, 2.05) is 31.2 Å². The fraction of sp³-hybridized carbons (Fsp3) is 0.385. The van der Waals surface area contributed by atoms with Gasteiger partial charge in [-0.15, -0.1) is 0 Å². The molecule has 2 atom stereocenters. The van der Waals surface area contributed by atoms with E-state index < -0.39 is 0 Å². The smallest absolute Gasteiger partial charge is 0.224 e. The highest BCUT2D eigenvalue weighted by Gasteiger charge is 2.32. The van der Waals surface area contributed by atoms with Crippen molar-refractivity contribution in [1.29, 1.82) is 5.26 Å². The highest BCUT2D eigenvalue weighted by Crippen LogP contribution is 2.28. The van der Waals surface area contributed by atoms with Crippen LogP contribution in [0.25, 0.3) is 0 Å². The minimum absolute atomic E-state index is 0.00174. The monoisotopic (exact) mass is 248 g/mol. The quantitative estimate of drug-likeness (QED) is 0.808. The maximum absolute atomic E-state index is 11.8. The molecule has 0 aromatic heterocycles. The number of likely N-dealkylation sites (tertiary alicyclic amines) is 1. The Bertz CT molecular complexity index is 463. The second kappa shape index (κ2) is 4.77. The molecule has 88 valence electrons. The van der Waals surface area contributed by atoms with Crippen molar-refractivity contribution in [2.75, 3.05) is 6.54 Å². The van der Waals surface area contributed by atoms with Gasteiger partial charge in [-0.2, -0.15) is 5.26 Å². The molecule has 4 heteroatoms. The van der Waals surface area contributed by atoms with Gasteiger partial charge in [-0.3, -0.25) is 4.79 Å². The highest BCUT2D eigenvalue weighted by molar-refractivity contribution is 6.30. The Labute approximate surface area is 106 Å². The zero-order valence-corrected chi connectivity index (χ0v) is 10.3. The maximum atomic E-state index is 11.8. The summed E-state index contributed by atoms with van der Waals surface area (Å²) in [6.45, 7) is 2.50. The third kappa shape index (κ3) is 2.42. The average Bonchev–Trinajstić information content (AvgIpc) is 2.71. The molecular formula is C13H13ClN2O. The van der Waals surface area contributed by atoms with Gasteiger partial charge in [0.25, 0.3) is 0 Å². The lowest BCUT2D eigenvalue weighted by atomic mass is 10.1. The molecule has 0 radical (unpaired) electrons. The Morgan fingerprint density at radius 2 is 2.12 bits per heavy atom. The van der Waals surface area contributed by atoms with Crippen LogP contribution < -0.4 is 0 Å². The number of benzene rings is 1. The van der Waals surface area contributed by atoms with Crippen molar-refractivity contribution in [2.45, 2.75) is 19.4 Å². The first kappa shape index (κ1) is 11.9. The lowest BCUT2D eigenvalue weighted by Gasteiger charge is -2.24. The fourth-order valence-electron chi connectivity index (χ4n) is 2.11. The van der Waals surface area contributed by atoms with E-state index in [0.717, 1.165) is 5.56 Å². The average molecular weight is 249 g/mol. The molecule has 1 aliphatic rings. The lowest BCUT2D eigenvalue weighted by molar-refractivity contribution is -0.129. The summed E-state index contributed by atoms with van der Waals surface area (Å²) in [7, 11) is 0. The number of hydrogen-bond acceptors (Lipinski definition) is 2. The third-order valence-corrected chi connectivity index (χ3v) is 3.41. The SMILES string of the molecule is CC(c1ccc(Cl)cc1)N1CC(C#N)CC1=O. The van der Waals surface area contributed by atoms with Crippen LogP contribution in [0, 0.1) is 17.2 Å². The Balaban J connectivity index is 2.16. The molecule has 17 heavy (non-hydrogen) atoms. The summed E-state index contributed by atoms with van der Waals surface area (Å²) < 4.78 is 0. The minimum Gasteiger partial charge on any atom is -0.335 e. The van der Waals surface area contributed by atoms with Gasteiger partial charge >= 0.3 is 0 Å². The van der Waals surface area contributed by atoms with E-state index in [0.29, 0.717) is 18.0 Å². The summed E-state index contributed by atoms with van der Waals surface area (Å²) in [6, 6.07) is 9.62. The van der Waals surface area contributed by atoms with Crippen molar-refractivity contribution in [1.82, 2.24) is 4.90 Å². The van der Waals surface area contributed by atoms with Gasteiger partial charge in [0.15, 0.2) is 0 Å². The molecule has 3 nitrogen and oxygen atoms in total. The number of amides is 1. The number of hydrogen-bond donors (Lipinski definition) is 0. The molecule has 2 rings (SSSR count). The Morgan fingerprint density at radius 1 is 1.47 bits per heavy atom. The number of halogens is 1. The second-order valence-electron chi connectivity index (χ2n) is 4.30. The van der Waals surface area contributed by atoms with E-state index in [1.165, 1.54) is 0 Å². The van der Waals surface area contributed by atoms with Crippen LogP contribution in [0.5, 0.6) is 0 Å². The summed E-state index contributed by atoms with van der Waals surface area (Å²) >= 11 is 5.83. The van der Waals surface area contributed by atoms with Gasteiger partial charge in [-0.25, -0.2) is 0 Å². The first-order valence-corrected chi connectivity index (χ1v) is 5.94. The molecule has 1 aromatic rings. The lowest BCUT2D eigenvalue weighted by Crippen LogP contribution is -2.28. The summed E-state index contributed by atoms with van der Waals surface area (Å²) in [6.07, 6.45) is 0.342. The predicted molar refractivity (Wildman–Crippen MR) is 65.3 cm³/mol. The van der Waals surface area contributed by atoms with E-state index in [2.05, 4.69) is 6.07 Å². The second-order valence-corrected chi connectivity index (χ2v) is 4.74. The largest absolute Gasteiger partial charge is 0.335 e. The molecule has 0 N–H and O–H groups in total. The van der Waals surface area contributed by atoms with E-state index in [9.17, 15) is 4.79 Å². The van der Waals surface area contributed by atoms with Crippen LogP contribution in [0.15, 0.2) is 24.3 Å². The summed E-state index contributed by atoms with van der Waals surface area (Å²) in [5.74, 6) is -0.115. The van der Waals surface area contributed by atoms with E-state index in [-0.39, 0.29) is 17.9 Å². The van der Waals surface area contributed by atoms with Crippen molar-refractivity contribution < 1.29 is 4.79 Å². The van der Waals surface area contributed by atoms with Crippen LogP contribution in [-0.4, -0.2) is 17.4 Å². The third-order valence-electron chi connectivity index (χ3n) is 3.16. The predicted octanol–water partition coefficient (Wildman–Crippen LogP) is 2.77. The van der Waals surface area contributed by atoms with Gasteiger partial charge in [0.1, 0.15) is 0 Å². The van der Waals surface area contributed by atoms with Crippen molar-refractivity contribution in [3.05, 3.63) is 34.9 Å². The van der Waals surface area contributed by atoms with E-state index >= 15 is 0 Å². The molecule has 1 saturated heterocycles. The molecule has 0 saturated carbocycles. The number of carbonyl (C=O) groups is 1. The first-order chi connectivity index (χ1) is 8.11. The topological polar surface area (TPSA) is 44.1 Å². The molecule has 1 aliphatic heterocycles. The first-order valence-electron chi connectivity index (χ1n) is 5.56. The van der Waals surface area contributed by atoms with Crippen molar-refractivity contribution in [3.8, 4) is 6.07 Å². The molecule has 1 amide bonds. The van der Waals surface area contributed by atoms with E-state index in [4.69, 9.17) is 16.9 Å². The normalized spacial score (nSPS) is 21.4. The summed E-state index contributed by atoms with van der Waals surface area (Å²) in [5, 5.41) is 9.53. The number of rotatable bonds is 2. The van der Waals surface area contributed by atoms with Crippen LogP contribution in [-0.2, 0) is 4.79 Å². The highest BCUT2D eigenvalue weighted by atomic mass is 35.5. The van der Waals surface area contributed by atoms with Gasteiger partial charge in [-0.1, -0.05) is 23.7 Å². The van der Waals surface area contributed by atoms with Gasteiger partial charge in [-0.05, 0) is 24.6 Å².